The predicted octanol–water partition coefficient (Wildman–Crippen LogP) is 0.608. The van der Waals surface area contributed by atoms with E-state index in [4.69, 9.17) is 0 Å². The fourth-order valence-corrected chi connectivity index (χ4v) is 1.88. The second kappa shape index (κ2) is 4.00. The Balaban J connectivity index is 2.08. The number of anilines is 1. The van der Waals surface area contributed by atoms with E-state index in [1.165, 1.54) is 6.42 Å². The van der Waals surface area contributed by atoms with Crippen molar-refractivity contribution in [2.24, 2.45) is 7.05 Å². The third-order valence-electron chi connectivity index (χ3n) is 2.62. The van der Waals surface area contributed by atoms with Gasteiger partial charge in [0.15, 0.2) is 5.82 Å². The molecule has 0 aliphatic carbocycles. The van der Waals surface area contributed by atoms with Gasteiger partial charge >= 0.3 is 0 Å². The minimum absolute atomic E-state index is 0.555. The summed E-state index contributed by atoms with van der Waals surface area (Å²) in [6, 6.07) is 2.64. The molecular weight excluding hydrogens is 176 g/mol. The van der Waals surface area contributed by atoms with Crippen molar-refractivity contribution in [3.05, 3.63) is 12.3 Å². The van der Waals surface area contributed by atoms with Crippen LogP contribution in [0.5, 0.6) is 0 Å². The number of nitrogens with one attached hydrogen (secondary N) is 1. The first-order valence-electron chi connectivity index (χ1n) is 5.23. The van der Waals surface area contributed by atoms with Crippen LogP contribution >= 0.6 is 0 Å². The van der Waals surface area contributed by atoms with E-state index in [1.54, 1.807) is 0 Å². The van der Waals surface area contributed by atoms with Gasteiger partial charge in [-0.15, -0.1) is 0 Å². The Morgan fingerprint density at radius 1 is 1.57 bits per heavy atom. The molecule has 1 atom stereocenters. The average molecular weight is 194 g/mol. The minimum Gasteiger partial charge on any atom is -0.354 e. The lowest BCUT2D eigenvalue weighted by Crippen LogP contribution is -2.35. The van der Waals surface area contributed by atoms with Gasteiger partial charge in [0.1, 0.15) is 0 Å². The first-order chi connectivity index (χ1) is 6.75. The molecule has 78 valence electrons. The number of nitrogens with zero attached hydrogens (tertiary/aromatic N) is 3. The summed E-state index contributed by atoms with van der Waals surface area (Å²) in [6.07, 6.45) is 3.19. The van der Waals surface area contributed by atoms with E-state index in [-0.39, 0.29) is 0 Å². The molecule has 2 rings (SSSR count). The molecule has 0 bridgehead atoms. The molecule has 1 saturated heterocycles. The number of rotatable bonds is 1. The van der Waals surface area contributed by atoms with E-state index in [9.17, 15) is 0 Å². The lowest BCUT2D eigenvalue weighted by molar-refractivity contribution is 0.583. The van der Waals surface area contributed by atoms with Crippen LogP contribution in [0.2, 0.25) is 0 Å². The molecule has 2 heterocycles. The van der Waals surface area contributed by atoms with Crippen LogP contribution in [0.3, 0.4) is 0 Å². The van der Waals surface area contributed by atoms with Crippen LogP contribution in [0.15, 0.2) is 12.3 Å². The zero-order valence-corrected chi connectivity index (χ0v) is 8.90. The molecule has 1 N–H and O–H groups in total. The van der Waals surface area contributed by atoms with Crippen molar-refractivity contribution >= 4 is 5.82 Å². The largest absolute Gasteiger partial charge is 0.354 e. The monoisotopic (exact) mass is 194 g/mol. The molecule has 4 heteroatoms. The van der Waals surface area contributed by atoms with Gasteiger partial charge in [0.2, 0.25) is 0 Å². The van der Waals surface area contributed by atoms with Crippen LogP contribution in [-0.2, 0) is 7.05 Å². The summed E-state index contributed by atoms with van der Waals surface area (Å²) in [6.45, 7) is 5.50. The van der Waals surface area contributed by atoms with Crippen LogP contribution < -0.4 is 10.2 Å². The summed E-state index contributed by atoms with van der Waals surface area (Å²) >= 11 is 0. The maximum atomic E-state index is 4.43. The third kappa shape index (κ3) is 2.07. The summed E-state index contributed by atoms with van der Waals surface area (Å²) < 4.78 is 1.86. The maximum absolute atomic E-state index is 4.43. The molecule has 1 aliphatic heterocycles. The molecule has 0 amide bonds. The van der Waals surface area contributed by atoms with Crippen molar-refractivity contribution in [3.63, 3.8) is 0 Å². The van der Waals surface area contributed by atoms with Gasteiger partial charge in [-0.05, 0) is 19.9 Å². The zero-order valence-electron chi connectivity index (χ0n) is 8.90. The molecule has 1 aromatic rings. The minimum atomic E-state index is 0.555. The van der Waals surface area contributed by atoms with Gasteiger partial charge in [0.25, 0.3) is 0 Å². The van der Waals surface area contributed by atoms with E-state index in [0.717, 1.165) is 25.5 Å². The van der Waals surface area contributed by atoms with E-state index in [2.05, 4.69) is 28.3 Å². The van der Waals surface area contributed by atoms with Crippen LogP contribution in [-0.4, -0.2) is 35.5 Å². The molecule has 1 aliphatic rings. The van der Waals surface area contributed by atoms with E-state index in [0.29, 0.717) is 6.04 Å². The molecular formula is C10H18N4. The molecule has 4 nitrogen and oxygen atoms in total. The molecule has 0 radical (unpaired) electrons. The van der Waals surface area contributed by atoms with Crippen molar-refractivity contribution in [1.29, 1.82) is 0 Å². The third-order valence-corrected chi connectivity index (χ3v) is 2.62. The van der Waals surface area contributed by atoms with Crippen molar-refractivity contribution < 1.29 is 0 Å². The highest BCUT2D eigenvalue weighted by Gasteiger charge is 2.15. The van der Waals surface area contributed by atoms with Crippen LogP contribution in [0.4, 0.5) is 5.82 Å². The Kier molecular flexibility index (Phi) is 2.72. The molecule has 1 aromatic heterocycles. The maximum Gasteiger partial charge on any atom is 0.150 e. The number of hydrogen-bond donors (Lipinski definition) is 1. The number of hydrogen-bond acceptors (Lipinski definition) is 3. The lowest BCUT2D eigenvalue weighted by Gasteiger charge is -2.21. The van der Waals surface area contributed by atoms with E-state index >= 15 is 0 Å². The van der Waals surface area contributed by atoms with Crippen molar-refractivity contribution in [1.82, 2.24) is 15.1 Å². The molecule has 0 spiro atoms. The smallest absolute Gasteiger partial charge is 0.150 e. The Labute approximate surface area is 84.9 Å². The SMILES string of the molecule is CC1CN(c2ccn(C)n2)CCCN1. The van der Waals surface area contributed by atoms with Crippen LogP contribution in [0, 0.1) is 0 Å². The second-order valence-electron chi connectivity index (χ2n) is 4.00. The Morgan fingerprint density at radius 2 is 2.43 bits per heavy atom. The first kappa shape index (κ1) is 9.52. The Hall–Kier alpha value is -1.03. The van der Waals surface area contributed by atoms with Crippen LogP contribution in [0.1, 0.15) is 13.3 Å². The van der Waals surface area contributed by atoms with E-state index in [1.807, 2.05) is 17.9 Å². The molecule has 0 saturated carbocycles. The van der Waals surface area contributed by atoms with Crippen molar-refractivity contribution in [3.8, 4) is 0 Å². The summed E-state index contributed by atoms with van der Waals surface area (Å²) in [7, 11) is 1.96. The van der Waals surface area contributed by atoms with Gasteiger partial charge < -0.3 is 10.2 Å². The molecule has 0 aromatic carbocycles. The van der Waals surface area contributed by atoms with Gasteiger partial charge in [-0.2, -0.15) is 5.10 Å². The summed E-state index contributed by atoms with van der Waals surface area (Å²) in [5, 5.41) is 7.90. The highest BCUT2D eigenvalue weighted by atomic mass is 15.3. The van der Waals surface area contributed by atoms with Crippen molar-refractivity contribution in [2.45, 2.75) is 19.4 Å². The first-order valence-corrected chi connectivity index (χ1v) is 5.23. The molecule has 1 fully saturated rings. The van der Waals surface area contributed by atoms with Gasteiger partial charge in [-0.3, -0.25) is 4.68 Å². The summed E-state index contributed by atoms with van der Waals surface area (Å²) in [4.78, 5) is 2.35. The van der Waals surface area contributed by atoms with Gasteiger partial charge in [0, 0.05) is 38.4 Å². The standard InChI is InChI=1S/C10H18N4/c1-9-8-14(6-3-5-11-9)10-4-7-13(2)12-10/h4,7,9,11H,3,5-6,8H2,1-2H3. The van der Waals surface area contributed by atoms with Gasteiger partial charge in [-0.1, -0.05) is 0 Å². The summed E-state index contributed by atoms with van der Waals surface area (Å²) in [5.74, 6) is 1.10. The van der Waals surface area contributed by atoms with Gasteiger partial charge in [-0.25, -0.2) is 0 Å². The van der Waals surface area contributed by atoms with Crippen LogP contribution in [0.25, 0.3) is 0 Å². The van der Waals surface area contributed by atoms with Crippen molar-refractivity contribution in [2.75, 3.05) is 24.5 Å². The molecule has 14 heavy (non-hydrogen) atoms. The number of aryl methyl sites for hydroxylation is 1. The second-order valence-corrected chi connectivity index (χ2v) is 4.00. The highest BCUT2D eigenvalue weighted by Crippen LogP contribution is 2.12. The highest BCUT2D eigenvalue weighted by molar-refractivity contribution is 5.37. The topological polar surface area (TPSA) is 33.1 Å². The normalized spacial score (nSPS) is 23.6. The average Bonchev–Trinajstić information content (AvgIpc) is 2.45. The zero-order chi connectivity index (χ0) is 9.97. The van der Waals surface area contributed by atoms with Gasteiger partial charge in [0.05, 0.1) is 0 Å². The Bertz CT molecular complexity index is 294. The lowest BCUT2D eigenvalue weighted by atomic mass is 10.3. The Morgan fingerprint density at radius 3 is 3.14 bits per heavy atom. The fraction of sp³-hybridized carbons (Fsp3) is 0.700. The molecule has 1 unspecified atom stereocenters. The quantitative estimate of drug-likeness (QED) is 0.711. The number of aromatic nitrogens is 2. The predicted molar refractivity (Wildman–Crippen MR) is 57.5 cm³/mol. The summed E-state index contributed by atoms with van der Waals surface area (Å²) in [5.41, 5.74) is 0. The fourth-order valence-electron chi connectivity index (χ4n) is 1.88. The van der Waals surface area contributed by atoms with E-state index < -0.39 is 0 Å².